The van der Waals surface area contributed by atoms with Crippen molar-refractivity contribution in [1.29, 1.82) is 0 Å². The third-order valence-electron chi connectivity index (χ3n) is 2.56. The van der Waals surface area contributed by atoms with Crippen molar-refractivity contribution in [2.75, 3.05) is 7.05 Å². The predicted octanol–water partition coefficient (Wildman–Crippen LogP) is 2.45. The Bertz CT molecular complexity index is 429. The van der Waals surface area contributed by atoms with Crippen molar-refractivity contribution in [2.24, 2.45) is 0 Å². The summed E-state index contributed by atoms with van der Waals surface area (Å²) in [7, 11) is 1.96. The quantitative estimate of drug-likeness (QED) is 0.760. The molecule has 1 heterocycles. The van der Waals surface area contributed by atoms with Crippen molar-refractivity contribution in [3.63, 3.8) is 0 Å². The van der Waals surface area contributed by atoms with Gasteiger partial charge in [-0.3, -0.25) is 0 Å². The van der Waals surface area contributed by atoms with Gasteiger partial charge >= 0.3 is 0 Å². The lowest BCUT2D eigenvalue weighted by molar-refractivity contribution is 0.800. The number of hydrogen-bond donors (Lipinski definition) is 2. The Morgan fingerprint density at radius 1 is 1.36 bits per heavy atom. The Labute approximate surface area is 84.3 Å². The normalized spacial score (nSPS) is 11.0. The molecule has 2 rings (SSSR count). The van der Waals surface area contributed by atoms with Crippen LogP contribution in [0.25, 0.3) is 10.9 Å². The highest BCUT2D eigenvalue weighted by atomic mass is 14.9. The fourth-order valence-electron chi connectivity index (χ4n) is 1.87. The molecule has 2 aromatic rings. The molecule has 1 aromatic heterocycles. The highest BCUT2D eigenvalue weighted by molar-refractivity contribution is 5.83. The summed E-state index contributed by atoms with van der Waals surface area (Å²) in [5.41, 5.74) is 3.92. The Hall–Kier alpha value is -1.28. The maximum Gasteiger partial charge on any atom is 0.0459 e. The van der Waals surface area contributed by atoms with Gasteiger partial charge in [-0.15, -0.1) is 0 Å². The zero-order chi connectivity index (χ0) is 9.97. The van der Waals surface area contributed by atoms with Gasteiger partial charge in [-0.1, -0.05) is 19.1 Å². The van der Waals surface area contributed by atoms with E-state index in [0.717, 1.165) is 13.0 Å². The minimum atomic E-state index is 0.901. The molecule has 1 aromatic carbocycles. The molecule has 0 bridgehead atoms. The first-order valence-corrected chi connectivity index (χ1v) is 5.09. The second-order valence-corrected chi connectivity index (χ2v) is 3.56. The summed E-state index contributed by atoms with van der Waals surface area (Å²) in [4.78, 5) is 3.41. The Balaban J connectivity index is 2.52. The molecule has 0 aliphatic rings. The molecule has 0 saturated heterocycles. The maximum absolute atomic E-state index is 3.41. The van der Waals surface area contributed by atoms with Gasteiger partial charge in [-0.2, -0.15) is 0 Å². The van der Waals surface area contributed by atoms with Crippen LogP contribution in [0.5, 0.6) is 0 Å². The van der Waals surface area contributed by atoms with Crippen LogP contribution in [-0.4, -0.2) is 12.0 Å². The lowest BCUT2D eigenvalue weighted by atomic mass is 10.1. The van der Waals surface area contributed by atoms with Crippen LogP contribution in [-0.2, 0) is 13.0 Å². The average Bonchev–Trinajstić information content (AvgIpc) is 2.60. The SMILES string of the molecule is CCc1cccc2[nH]c(CNC)cc12. The van der Waals surface area contributed by atoms with Crippen molar-refractivity contribution in [2.45, 2.75) is 19.9 Å². The molecule has 2 heteroatoms. The van der Waals surface area contributed by atoms with E-state index in [1.807, 2.05) is 7.05 Å². The van der Waals surface area contributed by atoms with Crippen molar-refractivity contribution >= 4 is 10.9 Å². The third-order valence-corrected chi connectivity index (χ3v) is 2.56. The number of rotatable bonds is 3. The Kier molecular flexibility index (Phi) is 2.55. The number of aryl methyl sites for hydroxylation is 1. The summed E-state index contributed by atoms with van der Waals surface area (Å²) in [6.07, 6.45) is 1.09. The molecule has 0 unspecified atom stereocenters. The molecular formula is C12H16N2. The van der Waals surface area contributed by atoms with Crippen LogP contribution in [0.3, 0.4) is 0 Å². The summed E-state index contributed by atoms with van der Waals surface area (Å²) in [5.74, 6) is 0. The number of nitrogens with one attached hydrogen (secondary N) is 2. The largest absolute Gasteiger partial charge is 0.357 e. The van der Waals surface area contributed by atoms with Gasteiger partial charge in [0.2, 0.25) is 0 Å². The summed E-state index contributed by atoms with van der Waals surface area (Å²) >= 11 is 0. The summed E-state index contributed by atoms with van der Waals surface area (Å²) in [6, 6.07) is 8.68. The fourth-order valence-corrected chi connectivity index (χ4v) is 1.87. The van der Waals surface area contributed by atoms with Crippen molar-refractivity contribution in [1.82, 2.24) is 10.3 Å². The number of aromatic nitrogens is 1. The molecule has 0 fully saturated rings. The molecule has 0 saturated carbocycles. The first-order valence-electron chi connectivity index (χ1n) is 5.09. The zero-order valence-electron chi connectivity index (χ0n) is 8.72. The number of hydrogen-bond acceptors (Lipinski definition) is 1. The standard InChI is InChI=1S/C12H16N2/c1-3-9-5-4-6-12-11(9)7-10(14-12)8-13-2/h4-7,13-14H,3,8H2,1-2H3. The van der Waals surface area contributed by atoms with Gasteiger partial charge in [0, 0.05) is 23.1 Å². The van der Waals surface area contributed by atoms with Crippen molar-refractivity contribution < 1.29 is 0 Å². The van der Waals surface area contributed by atoms with Crippen molar-refractivity contribution in [3.05, 3.63) is 35.5 Å². The summed E-state index contributed by atoms with van der Waals surface area (Å²) in [6.45, 7) is 3.09. The van der Waals surface area contributed by atoms with Crippen LogP contribution in [0.1, 0.15) is 18.2 Å². The summed E-state index contributed by atoms with van der Waals surface area (Å²) in [5, 5.41) is 4.51. The number of benzene rings is 1. The smallest absolute Gasteiger partial charge is 0.0459 e. The molecule has 0 atom stereocenters. The molecule has 2 N–H and O–H groups in total. The van der Waals surface area contributed by atoms with E-state index >= 15 is 0 Å². The Morgan fingerprint density at radius 2 is 2.21 bits per heavy atom. The third kappa shape index (κ3) is 1.53. The van der Waals surface area contributed by atoms with Gasteiger partial charge in [0.15, 0.2) is 0 Å². The van der Waals surface area contributed by atoms with Crippen LogP contribution in [0, 0.1) is 0 Å². The minimum absolute atomic E-state index is 0.901. The molecule has 74 valence electrons. The topological polar surface area (TPSA) is 27.8 Å². The second-order valence-electron chi connectivity index (χ2n) is 3.56. The van der Waals surface area contributed by atoms with Gasteiger partial charge in [0.25, 0.3) is 0 Å². The van der Waals surface area contributed by atoms with E-state index in [9.17, 15) is 0 Å². The highest BCUT2D eigenvalue weighted by Gasteiger charge is 2.02. The van der Waals surface area contributed by atoms with Gasteiger partial charge in [-0.05, 0) is 31.2 Å². The average molecular weight is 188 g/mol. The summed E-state index contributed by atoms with van der Waals surface area (Å²) < 4.78 is 0. The van der Waals surface area contributed by atoms with Crippen LogP contribution in [0.15, 0.2) is 24.3 Å². The van der Waals surface area contributed by atoms with E-state index in [0.29, 0.717) is 0 Å². The van der Waals surface area contributed by atoms with Crippen LogP contribution < -0.4 is 5.32 Å². The zero-order valence-corrected chi connectivity index (χ0v) is 8.72. The molecule has 2 nitrogen and oxygen atoms in total. The molecule has 0 radical (unpaired) electrons. The van der Waals surface area contributed by atoms with E-state index in [-0.39, 0.29) is 0 Å². The minimum Gasteiger partial charge on any atom is -0.357 e. The second kappa shape index (κ2) is 3.84. The van der Waals surface area contributed by atoms with E-state index in [2.05, 4.69) is 41.5 Å². The molecule has 0 spiro atoms. The number of aromatic amines is 1. The van der Waals surface area contributed by atoms with Crippen LogP contribution in [0.2, 0.25) is 0 Å². The number of fused-ring (bicyclic) bond motifs is 1. The lowest BCUT2D eigenvalue weighted by Gasteiger charge is -1.96. The van der Waals surface area contributed by atoms with Crippen molar-refractivity contribution in [3.8, 4) is 0 Å². The fraction of sp³-hybridized carbons (Fsp3) is 0.333. The van der Waals surface area contributed by atoms with Gasteiger partial charge in [-0.25, -0.2) is 0 Å². The maximum atomic E-state index is 3.41. The first-order chi connectivity index (χ1) is 6.85. The number of H-pyrrole nitrogens is 1. The monoisotopic (exact) mass is 188 g/mol. The van der Waals surface area contributed by atoms with Gasteiger partial charge < -0.3 is 10.3 Å². The van der Waals surface area contributed by atoms with Crippen LogP contribution >= 0.6 is 0 Å². The van der Waals surface area contributed by atoms with E-state index in [4.69, 9.17) is 0 Å². The first kappa shape index (κ1) is 9.28. The molecule has 14 heavy (non-hydrogen) atoms. The van der Waals surface area contributed by atoms with Gasteiger partial charge in [0.05, 0.1) is 0 Å². The van der Waals surface area contributed by atoms with Crippen LogP contribution in [0.4, 0.5) is 0 Å². The molecule has 0 aliphatic heterocycles. The van der Waals surface area contributed by atoms with E-state index in [1.54, 1.807) is 0 Å². The predicted molar refractivity (Wildman–Crippen MR) is 60.4 cm³/mol. The molecule has 0 amide bonds. The molecular weight excluding hydrogens is 172 g/mol. The van der Waals surface area contributed by atoms with Gasteiger partial charge in [0.1, 0.15) is 0 Å². The Morgan fingerprint density at radius 3 is 2.93 bits per heavy atom. The molecule has 0 aliphatic carbocycles. The van der Waals surface area contributed by atoms with E-state index < -0.39 is 0 Å². The lowest BCUT2D eigenvalue weighted by Crippen LogP contribution is -2.04. The van der Waals surface area contributed by atoms with E-state index in [1.165, 1.54) is 22.2 Å². The highest BCUT2D eigenvalue weighted by Crippen LogP contribution is 2.20.